The smallest absolute Gasteiger partial charge is 0.211 e. The number of nitrogens with zero attached hydrogens (tertiary/aromatic N) is 2. The second-order valence-electron chi connectivity index (χ2n) is 14.0. The van der Waals surface area contributed by atoms with Gasteiger partial charge >= 0.3 is 0 Å². The molecule has 1 aliphatic heterocycles. The lowest BCUT2D eigenvalue weighted by Crippen LogP contribution is -2.05. The molecular formula is C44H68N2. The van der Waals surface area contributed by atoms with Gasteiger partial charge in [-0.3, -0.25) is 0 Å². The van der Waals surface area contributed by atoms with Crippen LogP contribution < -0.4 is 0 Å². The van der Waals surface area contributed by atoms with Crippen LogP contribution in [0.25, 0.3) is 16.9 Å². The van der Waals surface area contributed by atoms with Gasteiger partial charge in [0.2, 0.25) is 11.4 Å². The molecule has 2 aromatic rings. The monoisotopic (exact) mass is 625 g/mol. The molecule has 254 valence electrons. The highest BCUT2D eigenvalue weighted by atomic mass is 15.2. The van der Waals surface area contributed by atoms with Gasteiger partial charge < -0.3 is 5.53 Å². The van der Waals surface area contributed by atoms with Crippen LogP contribution in [0.1, 0.15) is 190 Å². The summed E-state index contributed by atoms with van der Waals surface area (Å²) in [5.74, 6) is 0. The molecule has 3 rings (SSSR count). The second kappa shape index (κ2) is 21.4. The molecule has 2 aromatic carbocycles. The van der Waals surface area contributed by atoms with E-state index >= 15 is 0 Å². The van der Waals surface area contributed by atoms with E-state index in [2.05, 4.69) is 77.9 Å². The highest BCUT2D eigenvalue weighted by molar-refractivity contribution is 5.82. The number of hydrogen-bond donors (Lipinski definition) is 0. The normalized spacial score (nSPS) is 13.5. The molecule has 1 aliphatic rings. The molecule has 0 aliphatic carbocycles. The molecule has 0 amide bonds. The van der Waals surface area contributed by atoms with Crippen molar-refractivity contribution in [2.24, 2.45) is 0 Å². The highest BCUT2D eigenvalue weighted by Crippen LogP contribution is 2.44. The molecule has 1 heterocycles. The molecule has 0 fully saturated rings. The number of aryl methyl sites for hydroxylation is 4. The summed E-state index contributed by atoms with van der Waals surface area (Å²) in [7, 11) is 0. The van der Waals surface area contributed by atoms with Gasteiger partial charge in [0.15, 0.2) is 0 Å². The van der Waals surface area contributed by atoms with Crippen molar-refractivity contribution in [3.05, 3.63) is 86.5 Å². The van der Waals surface area contributed by atoms with Gasteiger partial charge in [-0.05, 0) is 117 Å². The maximum atomic E-state index is 12.4. The van der Waals surface area contributed by atoms with Crippen LogP contribution in [0.3, 0.4) is 0 Å². The van der Waals surface area contributed by atoms with Gasteiger partial charge in [0.05, 0.1) is 0 Å². The number of hydrogen-bond acceptors (Lipinski definition) is 0. The van der Waals surface area contributed by atoms with Crippen LogP contribution in [-0.4, -0.2) is 4.70 Å². The van der Waals surface area contributed by atoms with Gasteiger partial charge in [0.25, 0.3) is 0 Å². The molecule has 0 saturated heterocycles. The lowest BCUT2D eigenvalue weighted by atomic mass is 9.91. The fourth-order valence-corrected chi connectivity index (χ4v) is 7.27. The molecule has 2 heteroatoms. The molecule has 0 bridgehead atoms. The minimum absolute atomic E-state index is 0.934. The quantitative estimate of drug-likeness (QED) is 0.0820. The first-order valence-corrected chi connectivity index (χ1v) is 19.7. The second-order valence-corrected chi connectivity index (χ2v) is 14.0. The highest BCUT2D eigenvalue weighted by Gasteiger charge is 2.35. The van der Waals surface area contributed by atoms with Crippen LogP contribution >= 0.6 is 0 Å². The van der Waals surface area contributed by atoms with Crippen LogP contribution in [0, 0.1) is 0 Å². The topological polar surface area (TPSA) is 25.3 Å². The molecule has 2 nitrogen and oxygen atoms in total. The first kappa shape index (κ1) is 38.0. The zero-order valence-electron chi connectivity index (χ0n) is 30.9. The molecule has 0 unspecified atom stereocenters. The van der Waals surface area contributed by atoms with Crippen molar-refractivity contribution in [1.29, 1.82) is 0 Å². The van der Waals surface area contributed by atoms with Gasteiger partial charge in [-0.15, -0.1) is 0 Å². The summed E-state index contributed by atoms with van der Waals surface area (Å²) in [5.41, 5.74) is 25.3. The SMILES string of the molecule is CCCCCCC1=C(c2cc(CCCC)cc(CCCC)c2)[N+](=[N-])C(c2cc(CCCCCC)cc(CCCCCC)c2)=C1CC. The zero-order chi connectivity index (χ0) is 33.1. The average Bonchev–Trinajstić information content (AvgIpc) is 3.35. The zero-order valence-corrected chi connectivity index (χ0v) is 30.9. The van der Waals surface area contributed by atoms with E-state index in [9.17, 15) is 5.53 Å². The summed E-state index contributed by atoms with van der Waals surface area (Å²) >= 11 is 0. The molecule has 46 heavy (non-hydrogen) atoms. The minimum atomic E-state index is 0.934. The van der Waals surface area contributed by atoms with Crippen LogP contribution in [0.5, 0.6) is 0 Å². The van der Waals surface area contributed by atoms with E-state index in [-0.39, 0.29) is 0 Å². The number of allylic oxidation sites excluding steroid dienone is 2. The lowest BCUT2D eigenvalue weighted by molar-refractivity contribution is -0.345. The van der Waals surface area contributed by atoms with Crippen LogP contribution in [0.15, 0.2) is 47.5 Å². The molecule has 0 saturated carbocycles. The maximum Gasteiger partial charge on any atom is 0.211 e. The van der Waals surface area contributed by atoms with E-state index in [1.807, 2.05) is 0 Å². The first-order chi connectivity index (χ1) is 22.5. The van der Waals surface area contributed by atoms with Gasteiger partial charge in [0, 0.05) is 22.3 Å². The van der Waals surface area contributed by atoms with E-state index in [4.69, 9.17) is 0 Å². The lowest BCUT2D eigenvalue weighted by Gasteiger charge is -2.15. The maximum absolute atomic E-state index is 12.4. The van der Waals surface area contributed by atoms with Crippen molar-refractivity contribution in [3.63, 3.8) is 0 Å². The summed E-state index contributed by atoms with van der Waals surface area (Å²) in [4.78, 5) is 0. The third-order valence-electron chi connectivity index (χ3n) is 9.92. The molecule has 0 atom stereocenters. The Morgan fingerprint density at radius 3 is 1.11 bits per heavy atom. The Hall–Kier alpha value is -2.48. The summed E-state index contributed by atoms with van der Waals surface area (Å²) in [6.07, 6.45) is 26.4. The number of benzene rings is 2. The van der Waals surface area contributed by atoms with Crippen molar-refractivity contribution in [2.45, 2.75) is 183 Å². The summed E-state index contributed by atoms with van der Waals surface area (Å²) in [6.45, 7) is 13.7. The van der Waals surface area contributed by atoms with E-state index in [1.165, 1.54) is 147 Å². The first-order valence-electron chi connectivity index (χ1n) is 19.7. The van der Waals surface area contributed by atoms with Gasteiger partial charge in [-0.2, -0.15) is 0 Å². The predicted octanol–water partition coefficient (Wildman–Crippen LogP) is 14.2. The van der Waals surface area contributed by atoms with Crippen LogP contribution in [0.2, 0.25) is 0 Å². The Morgan fingerprint density at radius 1 is 0.391 bits per heavy atom. The Balaban J connectivity index is 2.12. The van der Waals surface area contributed by atoms with Crippen molar-refractivity contribution in [3.8, 4) is 0 Å². The molecule has 0 radical (unpaired) electrons. The Bertz CT molecular complexity index is 1220. The Labute approximate surface area is 284 Å². The van der Waals surface area contributed by atoms with Gasteiger partial charge in [-0.1, -0.05) is 124 Å². The summed E-state index contributed by atoms with van der Waals surface area (Å²) in [6, 6.07) is 14.5. The minimum Gasteiger partial charge on any atom is -0.493 e. The standard InChI is InChI=1S/C44H68N2/c1-7-13-18-21-26-37-30-38(27-22-19-14-8-2)34-39(33-37)43-41(12-6)42(28-23-20-15-9-3)44(46(43)45)40-31-35(24-16-10-4)29-36(32-40)25-17-11-5/h29-34H,7-28H2,1-6H3. The van der Waals surface area contributed by atoms with Crippen LogP contribution in [0.4, 0.5) is 0 Å². The van der Waals surface area contributed by atoms with E-state index in [0.717, 1.165) is 49.9 Å². The molecule has 0 spiro atoms. The fourth-order valence-electron chi connectivity index (χ4n) is 7.27. The van der Waals surface area contributed by atoms with Crippen molar-refractivity contribution in [2.75, 3.05) is 0 Å². The number of rotatable bonds is 24. The van der Waals surface area contributed by atoms with E-state index in [1.54, 1.807) is 4.70 Å². The van der Waals surface area contributed by atoms with Crippen LogP contribution in [-0.2, 0) is 25.7 Å². The fraction of sp³-hybridized carbons (Fsp3) is 0.636. The molecule has 0 aromatic heterocycles. The Kier molecular flexibility index (Phi) is 17.7. The summed E-state index contributed by atoms with van der Waals surface area (Å²) < 4.78 is 1.63. The number of unbranched alkanes of at least 4 members (excludes halogenated alkanes) is 11. The average molecular weight is 625 g/mol. The van der Waals surface area contributed by atoms with Crippen molar-refractivity contribution in [1.82, 2.24) is 0 Å². The molecule has 0 N–H and O–H groups in total. The van der Waals surface area contributed by atoms with E-state index < -0.39 is 0 Å². The third-order valence-corrected chi connectivity index (χ3v) is 9.92. The Morgan fingerprint density at radius 2 is 0.739 bits per heavy atom. The molecular weight excluding hydrogens is 556 g/mol. The third kappa shape index (κ3) is 11.3. The van der Waals surface area contributed by atoms with Gasteiger partial charge in [0.1, 0.15) is 0 Å². The summed E-state index contributed by atoms with van der Waals surface area (Å²) in [5, 5.41) is 0. The van der Waals surface area contributed by atoms with Gasteiger partial charge in [-0.25, -0.2) is 4.70 Å². The van der Waals surface area contributed by atoms with E-state index in [0.29, 0.717) is 0 Å². The van der Waals surface area contributed by atoms with Crippen molar-refractivity contribution < 1.29 is 4.70 Å². The predicted molar refractivity (Wildman–Crippen MR) is 202 cm³/mol. The largest absolute Gasteiger partial charge is 0.493 e. The van der Waals surface area contributed by atoms with Crippen molar-refractivity contribution >= 4 is 11.4 Å².